The molecule has 1 aromatic rings. The van der Waals surface area contributed by atoms with Gasteiger partial charge in [-0.15, -0.1) is 0 Å². The lowest BCUT2D eigenvalue weighted by Crippen LogP contribution is -2.50. The second-order valence-corrected chi connectivity index (χ2v) is 7.58. The van der Waals surface area contributed by atoms with Crippen molar-refractivity contribution in [1.82, 2.24) is 0 Å². The Hall–Kier alpha value is -1.45. The quantitative estimate of drug-likeness (QED) is 0.746. The maximum Gasteiger partial charge on any atom is 0.309 e. The summed E-state index contributed by atoms with van der Waals surface area (Å²) in [5.41, 5.74) is 0.916. The van der Waals surface area contributed by atoms with Crippen molar-refractivity contribution in [1.29, 1.82) is 0 Å². The first-order valence-electron chi connectivity index (χ1n) is 8.97. The predicted molar refractivity (Wildman–Crippen MR) is 88.7 cm³/mol. The van der Waals surface area contributed by atoms with Crippen LogP contribution in [0.2, 0.25) is 0 Å². The molecule has 7 unspecified atom stereocenters. The Balaban J connectivity index is 1.65. The van der Waals surface area contributed by atoms with Crippen LogP contribution in [0.4, 0.5) is 8.78 Å². The largest absolute Gasteiger partial charge is 0.461 e. The molecule has 7 atom stereocenters. The van der Waals surface area contributed by atoms with Gasteiger partial charge in [-0.25, -0.2) is 8.78 Å². The Bertz CT molecular complexity index is 560. The van der Waals surface area contributed by atoms with Gasteiger partial charge in [-0.2, -0.15) is 0 Å². The molecule has 2 saturated carbocycles. The Labute approximate surface area is 142 Å². The average molecular weight is 336 g/mol. The number of alkyl halides is 2. The minimum atomic E-state index is -1.27. The molecule has 0 amide bonds. The highest BCUT2D eigenvalue weighted by molar-refractivity contribution is 5.73. The van der Waals surface area contributed by atoms with E-state index in [-0.39, 0.29) is 24.4 Å². The first-order valence-corrected chi connectivity index (χ1v) is 8.97. The summed E-state index contributed by atoms with van der Waals surface area (Å²) < 4.78 is 34.8. The lowest BCUT2D eigenvalue weighted by atomic mass is 9.60. The van der Waals surface area contributed by atoms with Crippen molar-refractivity contribution in [2.45, 2.75) is 52.1 Å². The summed E-state index contributed by atoms with van der Waals surface area (Å²) >= 11 is 0. The normalized spacial score (nSPS) is 39.1. The van der Waals surface area contributed by atoms with E-state index in [2.05, 4.69) is 0 Å². The smallest absolute Gasteiger partial charge is 0.309 e. The molecule has 0 aromatic heterocycles. The number of halogens is 2. The molecule has 2 nitrogen and oxygen atoms in total. The van der Waals surface area contributed by atoms with Gasteiger partial charge >= 0.3 is 5.97 Å². The minimum Gasteiger partial charge on any atom is -0.461 e. The SMILES string of the molecule is CC1CCC2CC(C(=O)OCc3ccccc3)C(C)C(F)C2C1F. The molecule has 0 bridgehead atoms. The van der Waals surface area contributed by atoms with Crippen molar-refractivity contribution in [2.24, 2.45) is 29.6 Å². The van der Waals surface area contributed by atoms with E-state index in [4.69, 9.17) is 4.74 Å². The van der Waals surface area contributed by atoms with Crippen molar-refractivity contribution in [3.8, 4) is 0 Å². The highest BCUT2D eigenvalue weighted by Crippen LogP contribution is 2.49. The Morgan fingerprint density at radius 3 is 2.54 bits per heavy atom. The molecule has 2 aliphatic rings. The van der Waals surface area contributed by atoms with E-state index in [0.29, 0.717) is 6.42 Å². The van der Waals surface area contributed by atoms with Gasteiger partial charge in [0.15, 0.2) is 0 Å². The maximum absolute atomic E-state index is 14.9. The van der Waals surface area contributed by atoms with E-state index in [1.54, 1.807) is 6.92 Å². The zero-order valence-electron chi connectivity index (χ0n) is 14.3. The summed E-state index contributed by atoms with van der Waals surface area (Å²) in [5.74, 6) is -1.98. The van der Waals surface area contributed by atoms with Crippen molar-refractivity contribution < 1.29 is 18.3 Å². The number of esters is 1. The van der Waals surface area contributed by atoms with Crippen LogP contribution in [0.1, 0.15) is 38.7 Å². The lowest BCUT2D eigenvalue weighted by Gasteiger charge is -2.47. The van der Waals surface area contributed by atoms with Gasteiger partial charge in [-0.1, -0.05) is 44.2 Å². The maximum atomic E-state index is 14.9. The molecular weight excluding hydrogens is 310 g/mol. The van der Waals surface area contributed by atoms with Gasteiger partial charge in [0.05, 0.1) is 5.92 Å². The van der Waals surface area contributed by atoms with Crippen LogP contribution in [0.25, 0.3) is 0 Å². The van der Waals surface area contributed by atoms with Crippen molar-refractivity contribution in [2.75, 3.05) is 0 Å². The summed E-state index contributed by atoms with van der Waals surface area (Å²) in [6.45, 7) is 3.79. The zero-order chi connectivity index (χ0) is 17.3. The average Bonchev–Trinajstić information content (AvgIpc) is 2.59. The Kier molecular flexibility index (Phi) is 5.21. The number of hydrogen-bond donors (Lipinski definition) is 0. The molecular formula is C20H26F2O2. The molecule has 0 spiro atoms. The number of fused-ring (bicyclic) bond motifs is 1. The molecule has 0 N–H and O–H groups in total. The third-order valence-electron chi connectivity index (χ3n) is 6.04. The van der Waals surface area contributed by atoms with E-state index in [9.17, 15) is 13.6 Å². The molecule has 24 heavy (non-hydrogen) atoms. The molecule has 0 radical (unpaired) electrons. The van der Waals surface area contributed by atoms with E-state index in [1.807, 2.05) is 37.3 Å². The van der Waals surface area contributed by atoms with Crippen LogP contribution in [-0.2, 0) is 16.1 Å². The second-order valence-electron chi connectivity index (χ2n) is 7.58. The molecule has 0 saturated heterocycles. The van der Waals surface area contributed by atoms with Crippen LogP contribution in [0.5, 0.6) is 0 Å². The molecule has 3 rings (SSSR count). The van der Waals surface area contributed by atoms with Crippen LogP contribution in [0.3, 0.4) is 0 Å². The van der Waals surface area contributed by atoms with E-state index in [1.165, 1.54) is 0 Å². The molecule has 2 aliphatic carbocycles. The standard InChI is InChI=1S/C20H26F2O2/c1-12-8-9-15-10-16(13(2)19(22)17(15)18(12)21)20(23)24-11-14-6-4-3-5-7-14/h3-7,12-13,15-19H,8-11H2,1-2H3. The number of carbonyl (C=O) groups is 1. The van der Waals surface area contributed by atoms with Crippen LogP contribution in [0.15, 0.2) is 30.3 Å². The number of hydrogen-bond acceptors (Lipinski definition) is 2. The first-order chi connectivity index (χ1) is 11.5. The molecule has 1 aromatic carbocycles. The fourth-order valence-corrected chi connectivity index (χ4v) is 4.44. The van der Waals surface area contributed by atoms with E-state index < -0.39 is 30.1 Å². The Morgan fingerprint density at radius 1 is 1.12 bits per heavy atom. The predicted octanol–water partition coefficient (Wildman–Crippen LogP) is 4.72. The van der Waals surface area contributed by atoms with Crippen LogP contribution in [-0.4, -0.2) is 18.3 Å². The summed E-state index contributed by atoms with van der Waals surface area (Å²) in [7, 11) is 0. The molecule has 0 heterocycles. The summed E-state index contributed by atoms with van der Waals surface area (Å²) in [4.78, 5) is 12.5. The minimum absolute atomic E-state index is 0.0447. The van der Waals surface area contributed by atoms with Crippen LogP contribution >= 0.6 is 0 Å². The number of ether oxygens (including phenoxy) is 1. The topological polar surface area (TPSA) is 26.3 Å². The van der Waals surface area contributed by atoms with Gasteiger partial charge in [0.25, 0.3) is 0 Å². The number of benzene rings is 1. The fourth-order valence-electron chi connectivity index (χ4n) is 4.44. The highest BCUT2D eigenvalue weighted by Gasteiger charge is 2.52. The zero-order valence-corrected chi connectivity index (χ0v) is 14.3. The van der Waals surface area contributed by atoms with Gasteiger partial charge in [-0.05, 0) is 36.7 Å². The third-order valence-corrected chi connectivity index (χ3v) is 6.04. The second kappa shape index (κ2) is 7.20. The number of carbonyl (C=O) groups excluding carboxylic acids is 1. The first kappa shape index (κ1) is 17.4. The van der Waals surface area contributed by atoms with E-state index >= 15 is 0 Å². The van der Waals surface area contributed by atoms with Crippen molar-refractivity contribution in [3.63, 3.8) is 0 Å². The lowest BCUT2D eigenvalue weighted by molar-refractivity contribution is -0.160. The van der Waals surface area contributed by atoms with Crippen LogP contribution < -0.4 is 0 Å². The Morgan fingerprint density at radius 2 is 1.83 bits per heavy atom. The number of rotatable bonds is 3. The van der Waals surface area contributed by atoms with Gasteiger partial charge in [-0.3, -0.25) is 4.79 Å². The van der Waals surface area contributed by atoms with Gasteiger partial charge in [0.1, 0.15) is 19.0 Å². The molecule has 4 heteroatoms. The molecule has 132 valence electrons. The third kappa shape index (κ3) is 3.33. The van der Waals surface area contributed by atoms with E-state index in [0.717, 1.165) is 18.4 Å². The van der Waals surface area contributed by atoms with Gasteiger partial charge < -0.3 is 4.74 Å². The molecule has 2 fully saturated rings. The summed E-state index contributed by atoms with van der Waals surface area (Å²) in [5, 5.41) is 0. The monoisotopic (exact) mass is 336 g/mol. The molecule has 0 aliphatic heterocycles. The summed E-state index contributed by atoms with van der Waals surface area (Å²) in [6, 6.07) is 9.46. The van der Waals surface area contributed by atoms with Gasteiger partial charge in [0.2, 0.25) is 0 Å². The summed E-state index contributed by atoms with van der Waals surface area (Å²) in [6.07, 6.45) is -0.234. The van der Waals surface area contributed by atoms with Crippen molar-refractivity contribution >= 4 is 5.97 Å². The van der Waals surface area contributed by atoms with Gasteiger partial charge in [0, 0.05) is 11.8 Å². The highest BCUT2D eigenvalue weighted by atomic mass is 19.1. The van der Waals surface area contributed by atoms with Crippen molar-refractivity contribution in [3.05, 3.63) is 35.9 Å². The fraction of sp³-hybridized carbons (Fsp3) is 0.650. The van der Waals surface area contributed by atoms with Crippen LogP contribution in [0, 0.1) is 29.6 Å².